The summed E-state index contributed by atoms with van der Waals surface area (Å²) in [6, 6.07) is 0. The standard InChI is InChI=1S/C8H13.C8H11.Co/c2*1-2-4-6-8-7-5-3-1;/h1H,2,4-8H2;1-3H,4,6-8H2;. The van der Waals surface area contributed by atoms with Gasteiger partial charge in [-0.05, 0) is 0 Å². The summed E-state index contributed by atoms with van der Waals surface area (Å²) < 4.78 is 3.31. The van der Waals surface area contributed by atoms with Gasteiger partial charge in [-0.2, -0.15) is 0 Å². The van der Waals surface area contributed by atoms with Crippen LogP contribution < -0.4 is 0 Å². The first-order valence-electron chi connectivity index (χ1n) is 7.10. The van der Waals surface area contributed by atoms with E-state index in [4.69, 9.17) is 0 Å². The van der Waals surface area contributed by atoms with Crippen LogP contribution in [-0.2, 0) is 14.7 Å². The molecule has 0 unspecified atom stereocenters. The van der Waals surface area contributed by atoms with Gasteiger partial charge < -0.3 is 0 Å². The van der Waals surface area contributed by atoms with Gasteiger partial charge in [-0.3, -0.25) is 0 Å². The van der Waals surface area contributed by atoms with Crippen LogP contribution in [0.25, 0.3) is 0 Å². The van der Waals surface area contributed by atoms with Gasteiger partial charge in [-0.15, -0.1) is 0 Å². The second-order valence-corrected chi connectivity index (χ2v) is 6.51. The summed E-state index contributed by atoms with van der Waals surface area (Å²) in [5, 5.41) is 0. The molecule has 0 saturated heterocycles. The van der Waals surface area contributed by atoms with Gasteiger partial charge in [0.25, 0.3) is 0 Å². The monoisotopic (exact) mass is 275 g/mol. The van der Waals surface area contributed by atoms with E-state index >= 15 is 0 Å². The summed E-state index contributed by atoms with van der Waals surface area (Å²) >= 11 is 1.56. The molecule has 0 spiro atoms. The Balaban J connectivity index is 1.92. The van der Waals surface area contributed by atoms with Crippen LogP contribution in [0.1, 0.15) is 64.2 Å². The van der Waals surface area contributed by atoms with E-state index in [1.54, 1.807) is 23.7 Å². The first-order valence-corrected chi connectivity index (χ1v) is 8.14. The Labute approximate surface area is 112 Å². The topological polar surface area (TPSA) is 0 Å². The quantitative estimate of drug-likeness (QED) is 0.639. The van der Waals surface area contributed by atoms with E-state index in [1.807, 2.05) is 0 Å². The first kappa shape index (κ1) is 13.2. The van der Waals surface area contributed by atoms with Gasteiger partial charge in [0, 0.05) is 0 Å². The van der Waals surface area contributed by atoms with Gasteiger partial charge in [0.2, 0.25) is 0 Å². The second kappa shape index (κ2) is 7.94. The fourth-order valence-corrected chi connectivity index (χ4v) is 3.82. The molecule has 97 valence electrons. The zero-order chi connectivity index (χ0) is 11.8. The maximum absolute atomic E-state index is 2.52. The van der Waals surface area contributed by atoms with E-state index in [2.05, 4.69) is 24.3 Å². The molecule has 0 heterocycles. The van der Waals surface area contributed by atoms with Gasteiger partial charge in [0.1, 0.15) is 0 Å². The number of rotatable bonds is 2. The molecule has 0 amide bonds. The Bertz CT molecular complexity index is 309. The molecule has 2 aliphatic rings. The molecule has 0 atom stereocenters. The molecule has 2 aliphatic carbocycles. The molecule has 0 radical (unpaired) electrons. The Kier molecular flexibility index (Phi) is 6.15. The van der Waals surface area contributed by atoms with Crippen molar-refractivity contribution in [1.82, 2.24) is 0 Å². The van der Waals surface area contributed by atoms with Crippen LogP contribution in [0.3, 0.4) is 0 Å². The maximum atomic E-state index is 2.52. The van der Waals surface area contributed by atoms with Gasteiger partial charge in [0.05, 0.1) is 0 Å². The molecule has 0 saturated carbocycles. The van der Waals surface area contributed by atoms with E-state index in [-0.39, 0.29) is 0 Å². The fraction of sp³-hybridized carbons (Fsp3) is 0.625. The van der Waals surface area contributed by atoms with E-state index in [0.29, 0.717) is 0 Å². The zero-order valence-corrected chi connectivity index (χ0v) is 11.8. The molecule has 0 aromatic carbocycles. The number of hydrogen-bond acceptors (Lipinski definition) is 0. The van der Waals surface area contributed by atoms with Crippen LogP contribution in [0.2, 0.25) is 0 Å². The minimum atomic E-state index is 1.27. The predicted octanol–water partition coefficient (Wildman–Crippen LogP) is 5.32. The molecular weight excluding hydrogens is 251 g/mol. The number of hydrogen-bond donors (Lipinski definition) is 0. The van der Waals surface area contributed by atoms with Crippen molar-refractivity contribution in [3.8, 4) is 0 Å². The van der Waals surface area contributed by atoms with Crippen LogP contribution in [0.15, 0.2) is 33.3 Å². The third-order valence-electron chi connectivity index (χ3n) is 3.36. The molecule has 0 fully saturated rings. The van der Waals surface area contributed by atoms with Gasteiger partial charge >= 0.3 is 112 Å². The summed E-state index contributed by atoms with van der Waals surface area (Å²) in [6.45, 7) is 0. The summed E-state index contributed by atoms with van der Waals surface area (Å²) in [5.74, 6) is 0. The SMILES string of the molecule is C1=CCCCC[C]([Co][C]2=CCCCCCC2)=C1. The Morgan fingerprint density at radius 3 is 2.53 bits per heavy atom. The summed E-state index contributed by atoms with van der Waals surface area (Å²) in [5.41, 5.74) is 0. The van der Waals surface area contributed by atoms with Crippen LogP contribution in [0.4, 0.5) is 0 Å². The summed E-state index contributed by atoms with van der Waals surface area (Å²) in [4.78, 5) is 0. The minimum absolute atomic E-state index is 1.27. The molecule has 0 bridgehead atoms. The van der Waals surface area contributed by atoms with E-state index in [9.17, 15) is 0 Å². The Morgan fingerprint density at radius 1 is 0.765 bits per heavy atom. The first-order chi connectivity index (χ1) is 8.45. The molecular formula is C16H24Co. The summed E-state index contributed by atoms with van der Waals surface area (Å²) in [6.07, 6.45) is 23.1. The average molecular weight is 275 g/mol. The average Bonchev–Trinajstić information content (AvgIpc) is 2.24. The molecule has 0 nitrogen and oxygen atoms in total. The molecule has 0 aromatic heterocycles. The van der Waals surface area contributed by atoms with Crippen molar-refractivity contribution in [2.75, 3.05) is 0 Å². The predicted molar refractivity (Wildman–Crippen MR) is 71.5 cm³/mol. The number of allylic oxidation sites excluding steroid dienone is 6. The Morgan fingerprint density at radius 2 is 1.53 bits per heavy atom. The molecule has 0 aromatic rings. The molecule has 1 heteroatoms. The van der Waals surface area contributed by atoms with Crippen molar-refractivity contribution in [3.05, 3.63) is 33.3 Å². The molecule has 0 N–H and O–H groups in total. The van der Waals surface area contributed by atoms with E-state index < -0.39 is 0 Å². The zero-order valence-electron chi connectivity index (χ0n) is 10.7. The fourth-order valence-electron chi connectivity index (χ4n) is 2.32. The van der Waals surface area contributed by atoms with E-state index in [1.165, 1.54) is 64.2 Å². The van der Waals surface area contributed by atoms with Crippen molar-refractivity contribution in [2.24, 2.45) is 0 Å². The van der Waals surface area contributed by atoms with Gasteiger partial charge in [-0.1, -0.05) is 0 Å². The van der Waals surface area contributed by atoms with Crippen LogP contribution in [-0.4, -0.2) is 0 Å². The summed E-state index contributed by atoms with van der Waals surface area (Å²) in [7, 11) is 0. The van der Waals surface area contributed by atoms with Crippen LogP contribution >= 0.6 is 0 Å². The normalized spacial score (nSPS) is 23.1. The Hall–Kier alpha value is -0.274. The van der Waals surface area contributed by atoms with Crippen molar-refractivity contribution in [1.29, 1.82) is 0 Å². The molecule has 0 aliphatic heterocycles. The van der Waals surface area contributed by atoms with Crippen molar-refractivity contribution in [2.45, 2.75) is 64.2 Å². The van der Waals surface area contributed by atoms with Crippen LogP contribution in [0.5, 0.6) is 0 Å². The van der Waals surface area contributed by atoms with Crippen molar-refractivity contribution >= 4 is 0 Å². The van der Waals surface area contributed by atoms with Crippen LogP contribution in [0, 0.1) is 0 Å². The van der Waals surface area contributed by atoms with Gasteiger partial charge in [-0.25, -0.2) is 0 Å². The van der Waals surface area contributed by atoms with Gasteiger partial charge in [0.15, 0.2) is 0 Å². The third kappa shape index (κ3) is 5.26. The molecule has 2 rings (SSSR count). The van der Waals surface area contributed by atoms with E-state index in [0.717, 1.165) is 0 Å². The van der Waals surface area contributed by atoms with Crippen molar-refractivity contribution in [3.63, 3.8) is 0 Å². The third-order valence-corrected chi connectivity index (χ3v) is 4.94. The van der Waals surface area contributed by atoms with Crippen molar-refractivity contribution < 1.29 is 14.7 Å². The molecule has 17 heavy (non-hydrogen) atoms. The second-order valence-electron chi connectivity index (χ2n) is 4.92.